The highest BCUT2D eigenvalue weighted by Gasteiger charge is 2.09. The van der Waals surface area contributed by atoms with Crippen molar-refractivity contribution >= 4 is 21.6 Å². The van der Waals surface area contributed by atoms with Crippen LogP contribution in [0.3, 0.4) is 0 Å². The van der Waals surface area contributed by atoms with Crippen molar-refractivity contribution < 1.29 is 9.47 Å². The lowest BCUT2D eigenvalue weighted by Gasteiger charge is -2.26. The number of hydrogen-bond donors (Lipinski definition) is 1. The Bertz CT molecular complexity index is 384. The van der Waals surface area contributed by atoms with Crippen molar-refractivity contribution in [3.05, 3.63) is 16.7 Å². The van der Waals surface area contributed by atoms with Crippen LogP contribution in [0.25, 0.3) is 0 Å². The number of aromatic nitrogens is 1. The summed E-state index contributed by atoms with van der Waals surface area (Å²) in [5.74, 6) is 0.514. The van der Waals surface area contributed by atoms with Gasteiger partial charge < -0.3 is 15.2 Å². The number of hydrogen-bond acceptors (Lipinski definition) is 5. The lowest BCUT2D eigenvalue weighted by Crippen LogP contribution is -2.37. The van der Waals surface area contributed by atoms with Crippen molar-refractivity contribution in [3.63, 3.8) is 0 Å². The van der Waals surface area contributed by atoms with E-state index >= 15 is 0 Å². The average molecular weight is 316 g/mol. The number of rotatable bonds is 5. The third-order valence-corrected chi connectivity index (χ3v) is 3.24. The molecule has 0 unspecified atom stereocenters. The summed E-state index contributed by atoms with van der Waals surface area (Å²) in [4.78, 5) is 6.51. The van der Waals surface area contributed by atoms with E-state index in [1.165, 1.54) is 0 Å². The summed E-state index contributed by atoms with van der Waals surface area (Å²) in [6.07, 6.45) is 2.66. The summed E-state index contributed by atoms with van der Waals surface area (Å²) >= 11 is 3.31. The molecule has 0 bridgehead atoms. The van der Waals surface area contributed by atoms with Crippen LogP contribution < -0.4 is 10.5 Å². The van der Waals surface area contributed by atoms with Crippen molar-refractivity contribution in [2.24, 2.45) is 0 Å². The van der Waals surface area contributed by atoms with Crippen LogP contribution in [0.4, 0.5) is 5.69 Å². The molecule has 1 fully saturated rings. The standard InChI is InChI=1S/C12H18BrN3O2/c13-10-8-11(14)12(15-9-10)18-5-1-2-16-3-6-17-7-4-16/h8-9H,1-7,14H2. The number of halogens is 1. The molecule has 0 spiro atoms. The Morgan fingerprint density at radius 3 is 2.94 bits per heavy atom. The van der Waals surface area contributed by atoms with Crippen LogP contribution in [0, 0.1) is 0 Å². The van der Waals surface area contributed by atoms with Crippen LogP contribution in [-0.4, -0.2) is 49.3 Å². The van der Waals surface area contributed by atoms with Gasteiger partial charge in [0.2, 0.25) is 5.88 Å². The average Bonchev–Trinajstić information content (AvgIpc) is 2.38. The van der Waals surface area contributed by atoms with Crippen LogP contribution in [0.2, 0.25) is 0 Å². The van der Waals surface area contributed by atoms with Crippen LogP contribution in [0.15, 0.2) is 16.7 Å². The molecule has 0 saturated carbocycles. The lowest BCUT2D eigenvalue weighted by atomic mass is 10.3. The van der Waals surface area contributed by atoms with Crippen molar-refractivity contribution in [2.45, 2.75) is 6.42 Å². The van der Waals surface area contributed by atoms with Gasteiger partial charge in [0, 0.05) is 30.3 Å². The SMILES string of the molecule is Nc1cc(Br)cnc1OCCCN1CCOCC1. The molecule has 2 N–H and O–H groups in total. The Kier molecular flexibility index (Phi) is 5.22. The van der Waals surface area contributed by atoms with Gasteiger partial charge in [-0.2, -0.15) is 0 Å². The maximum Gasteiger partial charge on any atom is 0.237 e. The van der Waals surface area contributed by atoms with Crippen molar-refractivity contribution in [3.8, 4) is 5.88 Å². The molecule has 6 heteroatoms. The largest absolute Gasteiger partial charge is 0.476 e. The molecule has 0 amide bonds. The summed E-state index contributed by atoms with van der Waals surface area (Å²) in [6, 6.07) is 1.80. The summed E-state index contributed by atoms with van der Waals surface area (Å²) < 4.78 is 11.7. The van der Waals surface area contributed by atoms with Gasteiger partial charge in [-0.1, -0.05) is 0 Å². The van der Waals surface area contributed by atoms with Gasteiger partial charge in [0.1, 0.15) is 0 Å². The maximum atomic E-state index is 5.80. The first-order valence-corrected chi connectivity index (χ1v) is 6.89. The molecule has 1 aromatic rings. The smallest absolute Gasteiger partial charge is 0.237 e. The van der Waals surface area contributed by atoms with Crippen molar-refractivity contribution in [1.29, 1.82) is 0 Å². The molecule has 2 rings (SSSR count). The van der Waals surface area contributed by atoms with Gasteiger partial charge in [0.05, 0.1) is 25.5 Å². The number of nitrogens with zero attached hydrogens (tertiary/aromatic N) is 2. The Hall–Kier alpha value is -0.850. The van der Waals surface area contributed by atoms with Gasteiger partial charge in [0.25, 0.3) is 0 Å². The van der Waals surface area contributed by atoms with Crippen LogP contribution in [0.5, 0.6) is 5.88 Å². The molecule has 1 aromatic heterocycles. The number of ether oxygens (including phenoxy) is 2. The first-order valence-electron chi connectivity index (χ1n) is 6.09. The molecule has 1 saturated heterocycles. The number of nitrogen functional groups attached to an aromatic ring is 1. The molecular weight excluding hydrogens is 298 g/mol. The second kappa shape index (κ2) is 6.92. The van der Waals surface area contributed by atoms with Crippen LogP contribution >= 0.6 is 15.9 Å². The fourth-order valence-electron chi connectivity index (χ4n) is 1.84. The molecule has 1 aliphatic rings. The zero-order chi connectivity index (χ0) is 12.8. The molecule has 18 heavy (non-hydrogen) atoms. The molecule has 0 aliphatic carbocycles. The molecule has 100 valence electrons. The molecule has 5 nitrogen and oxygen atoms in total. The second-order valence-electron chi connectivity index (χ2n) is 4.20. The van der Waals surface area contributed by atoms with E-state index in [4.69, 9.17) is 15.2 Å². The van der Waals surface area contributed by atoms with Gasteiger partial charge in [-0.3, -0.25) is 4.90 Å². The first-order chi connectivity index (χ1) is 8.75. The van der Waals surface area contributed by atoms with Crippen LogP contribution in [0.1, 0.15) is 6.42 Å². The Morgan fingerprint density at radius 1 is 1.44 bits per heavy atom. The first kappa shape index (κ1) is 13.6. The van der Waals surface area contributed by atoms with E-state index < -0.39 is 0 Å². The van der Waals surface area contributed by atoms with Crippen molar-refractivity contribution in [1.82, 2.24) is 9.88 Å². The number of morpholine rings is 1. The number of pyridine rings is 1. The summed E-state index contributed by atoms with van der Waals surface area (Å²) in [6.45, 7) is 5.36. The minimum Gasteiger partial charge on any atom is -0.476 e. The third-order valence-electron chi connectivity index (χ3n) is 2.81. The molecule has 2 heterocycles. The van der Waals surface area contributed by atoms with E-state index in [1.54, 1.807) is 12.3 Å². The maximum absolute atomic E-state index is 5.80. The zero-order valence-corrected chi connectivity index (χ0v) is 11.9. The lowest BCUT2D eigenvalue weighted by molar-refractivity contribution is 0.0357. The monoisotopic (exact) mass is 315 g/mol. The minimum absolute atomic E-state index is 0.514. The topological polar surface area (TPSA) is 60.6 Å². The highest BCUT2D eigenvalue weighted by Crippen LogP contribution is 2.21. The Balaban J connectivity index is 1.68. The molecule has 0 aromatic carbocycles. The fraction of sp³-hybridized carbons (Fsp3) is 0.583. The van der Waals surface area contributed by atoms with Crippen molar-refractivity contribution in [2.75, 3.05) is 45.2 Å². The number of anilines is 1. The van der Waals surface area contributed by atoms with Gasteiger partial charge >= 0.3 is 0 Å². The summed E-state index contributed by atoms with van der Waals surface area (Å²) in [7, 11) is 0. The normalized spacial score (nSPS) is 16.7. The quantitative estimate of drug-likeness (QED) is 0.835. The van der Waals surface area contributed by atoms with E-state index in [0.29, 0.717) is 18.2 Å². The Morgan fingerprint density at radius 2 is 2.22 bits per heavy atom. The van der Waals surface area contributed by atoms with Gasteiger partial charge in [0.15, 0.2) is 0 Å². The molecular formula is C12H18BrN3O2. The molecule has 1 aliphatic heterocycles. The van der Waals surface area contributed by atoms with E-state index in [-0.39, 0.29) is 0 Å². The van der Waals surface area contributed by atoms with E-state index in [1.807, 2.05) is 0 Å². The highest BCUT2D eigenvalue weighted by molar-refractivity contribution is 9.10. The van der Waals surface area contributed by atoms with Crippen LogP contribution in [-0.2, 0) is 4.74 Å². The minimum atomic E-state index is 0.514. The summed E-state index contributed by atoms with van der Waals surface area (Å²) in [5, 5.41) is 0. The fourth-order valence-corrected chi connectivity index (χ4v) is 2.19. The van der Waals surface area contributed by atoms with Gasteiger partial charge in [-0.15, -0.1) is 0 Å². The highest BCUT2D eigenvalue weighted by atomic mass is 79.9. The van der Waals surface area contributed by atoms with E-state index in [2.05, 4.69) is 25.8 Å². The van der Waals surface area contributed by atoms with Gasteiger partial charge in [-0.05, 0) is 28.4 Å². The third kappa shape index (κ3) is 4.12. The van der Waals surface area contributed by atoms with E-state index in [9.17, 15) is 0 Å². The predicted octanol–water partition coefficient (Wildman–Crippen LogP) is 1.53. The van der Waals surface area contributed by atoms with E-state index in [0.717, 1.165) is 43.7 Å². The number of nitrogens with two attached hydrogens (primary N) is 1. The molecule has 0 atom stereocenters. The zero-order valence-electron chi connectivity index (χ0n) is 10.3. The predicted molar refractivity (Wildman–Crippen MR) is 73.7 cm³/mol. The molecule has 0 radical (unpaired) electrons. The van der Waals surface area contributed by atoms with Gasteiger partial charge in [-0.25, -0.2) is 4.98 Å². The second-order valence-corrected chi connectivity index (χ2v) is 5.12. The Labute approximate surface area is 115 Å². The summed E-state index contributed by atoms with van der Waals surface area (Å²) in [5.41, 5.74) is 6.37.